The van der Waals surface area contributed by atoms with Crippen LogP contribution in [0, 0.1) is 17.6 Å². The van der Waals surface area contributed by atoms with Crippen molar-refractivity contribution < 1.29 is 19.7 Å². The fourth-order valence-electron chi connectivity index (χ4n) is 2.04. The molecule has 0 bridgehead atoms. The van der Waals surface area contributed by atoms with Crippen LogP contribution in [0.25, 0.3) is 0 Å². The average molecular weight is 665 g/mol. The molecule has 0 aliphatic heterocycles. The van der Waals surface area contributed by atoms with Crippen molar-refractivity contribution in [3.63, 3.8) is 0 Å². The number of ether oxygens (including phenoxy) is 1. The van der Waals surface area contributed by atoms with Gasteiger partial charge in [0.2, 0.25) is 0 Å². The van der Waals surface area contributed by atoms with Crippen molar-refractivity contribution in [2.24, 2.45) is 5.73 Å². The van der Waals surface area contributed by atoms with Gasteiger partial charge in [-0.1, -0.05) is 0 Å². The molecule has 1 unspecified atom stereocenters. The van der Waals surface area contributed by atoms with Gasteiger partial charge in [-0.15, -0.1) is 0 Å². The minimum atomic E-state index is -1.02. The summed E-state index contributed by atoms with van der Waals surface area (Å²) in [5.74, 6) is 0.578. The largest absolute Gasteiger partial charge is 0.507 e. The van der Waals surface area contributed by atoms with Crippen LogP contribution in [0.5, 0.6) is 17.2 Å². The van der Waals surface area contributed by atoms with Crippen molar-refractivity contribution in [3.8, 4) is 17.2 Å². The summed E-state index contributed by atoms with van der Waals surface area (Å²) in [6.45, 7) is 1.87. The third-order valence-electron chi connectivity index (χ3n) is 3.29. The lowest BCUT2D eigenvalue weighted by Crippen LogP contribution is -2.32. The van der Waals surface area contributed by atoms with E-state index in [4.69, 9.17) is 15.6 Å². The highest BCUT2D eigenvalue weighted by Crippen LogP contribution is 2.36. The number of carbonyl (C=O) groups is 1. The molecule has 24 heavy (non-hydrogen) atoms. The first-order chi connectivity index (χ1) is 11.2. The Morgan fingerprint density at radius 3 is 2.29 bits per heavy atom. The second-order valence-corrected chi connectivity index (χ2v) is 8.70. The second-order valence-electron chi connectivity index (χ2n) is 5.21. The highest BCUT2D eigenvalue weighted by atomic mass is 127. The summed E-state index contributed by atoms with van der Waals surface area (Å²) in [5.41, 5.74) is 7.28. The third-order valence-corrected chi connectivity index (χ3v) is 5.75. The van der Waals surface area contributed by atoms with E-state index in [1.807, 2.05) is 41.6 Å². The van der Waals surface area contributed by atoms with Gasteiger partial charge in [0, 0.05) is 0 Å². The van der Waals surface area contributed by atoms with Crippen LogP contribution in [0.4, 0.5) is 0 Å². The van der Waals surface area contributed by atoms with Crippen LogP contribution in [-0.2, 0) is 11.2 Å². The molecule has 0 aliphatic rings. The molecule has 0 aromatic heterocycles. The van der Waals surface area contributed by atoms with Gasteiger partial charge in [0.15, 0.2) is 5.75 Å². The van der Waals surface area contributed by atoms with Gasteiger partial charge >= 0.3 is 5.97 Å². The van der Waals surface area contributed by atoms with Gasteiger partial charge in [0.25, 0.3) is 0 Å². The Morgan fingerprint density at radius 2 is 1.75 bits per heavy atom. The number of rotatable bonds is 5. The van der Waals surface area contributed by atoms with Crippen LogP contribution < -0.4 is 10.5 Å². The molecular formula is C16H14I3NO4. The highest BCUT2D eigenvalue weighted by Gasteiger charge is 2.16. The van der Waals surface area contributed by atoms with Gasteiger partial charge in [0.05, 0.1) is 10.7 Å². The van der Waals surface area contributed by atoms with Gasteiger partial charge in [0.1, 0.15) is 17.5 Å². The van der Waals surface area contributed by atoms with Crippen LogP contribution in [-0.4, -0.2) is 22.2 Å². The fourth-order valence-corrected chi connectivity index (χ4v) is 4.59. The molecule has 1 atom stereocenters. The van der Waals surface area contributed by atoms with Crippen molar-refractivity contribution in [1.29, 1.82) is 0 Å². The standard InChI is InChI=1S/C16H14I3NO4/c1-7-2-13(21)9(17)6-14(7)24-15-10(18)3-8(4-11(15)19)5-12(20)16(22)23/h2-4,6,12,21H,5,20H2,1H3,(H,22,23). The Morgan fingerprint density at radius 1 is 1.17 bits per heavy atom. The molecule has 0 radical (unpaired) electrons. The zero-order chi connectivity index (χ0) is 18.0. The smallest absolute Gasteiger partial charge is 0.320 e. The molecule has 8 heteroatoms. The summed E-state index contributed by atoms with van der Waals surface area (Å²) in [6, 6.07) is 6.27. The summed E-state index contributed by atoms with van der Waals surface area (Å²) in [4.78, 5) is 10.9. The SMILES string of the molecule is Cc1cc(O)c(I)cc1Oc1c(I)cc(CC(N)C(=O)O)cc1I. The van der Waals surface area contributed by atoms with E-state index < -0.39 is 12.0 Å². The third kappa shape index (κ3) is 4.85. The van der Waals surface area contributed by atoms with Crippen LogP contribution in [0.2, 0.25) is 0 Å². The zero-order valence-corrected chi connectivity index (χ0v) is 19.0. The molecule has 2 rings (SSSR count). The molecule has 0 amide bonds. The van der Waals surface area contributed by atoms with E-state index in [2.05, 4.69) is 45.2 Å². The van der Waals surface area contributed by atoms with E-state index in [9.17, 15) is 9.90 Å². The van der Waals surface area contributed by atoms with Gasteiger partial charge < -0.3 is 20.7 Å². The molecule has 128 valence electrons. The van der Waals surface area contributed by atoms with Crippen molar-refractivity contribution in [1.82, 2.24) is 0 Å². The van der Waals surface area contributed by atoms with E-state index in [1.54, 1.807) is 12.1 Å². The maximum absolute atomic E-state index is 10.9. The number of phenolic OH excluding ortho intramolecular Hbond substituents is 1. The molecule has 4 N–H and O–H groups in total. The number of halogens is 3. The Balaban J connectivity index is 2.32. The van der Waals surface area contributed by atoms with E-state index in [1.165, 1.54) is 0 Å². The molecule has 0 aliphatic carbocycles. The molecule has 0 fully saturated rings. The lowest BCUT2D eigenvalue weighted by Gasteiger charge is -2.15. The highest BCUT2D eigenvalue weighted by molar-refractivity contribution is 14.1. The van der Waals surface area contributed by atoms with Crippen LogP contribution in [0.1, 0.15) is 11.1 Å². The Hall–Kier alpha value is -0.340. The van der Waals surface area contributed by atoms with Gasteiger partial charge in [-0.3, -0.25) is 4.79 Å². The molecule has 2 aromatic rings. The number of aromatic hydroxyl groups is 1. The first-order valence-corrected chi connectivity index (χ1v) is 10.1. The summed E-state index contributed by atoms with van der Waals surface area (Å²) >= 11 is 6.37. The number of carboxylic acids is 1. The molecular weight excluding hydrogens is 651 g/mol. The normalized spacial score (nSPS) is 12.0. The number of phenols is 1. The van der Waals surface area contributed by atoms with Crippen molar-refractivity contribution >= 4 is 73.7 Å². The fraction of sp³-hybridized carbons (Fsp3) is 0.188. The predicted molar refractivity (Wildman–Crippen MR) is 117 cm³/mol. The maximum atomic E-state index is 10.9. The van der Waals surface area contributed by atoms with Crippen LogP contribution in [0.15, 0.2) is 24.3 Å². The van der Waals surface area contributed by atoms with Gasteiger partial charge in [-0.05, 0) is 117 Å². The Labute approximate surface area is 180 Å². The molecule has 0 saturated heterocycles. The Kier molecular flexibility index (Phi) is 6.96. The summed E-state index contributed by atoms with van der Waals surface area (Å²) < 4.78 is 8.49. The number of benzene rings is 2. The minimum absolute atomic E-state index is 0.225. The number of hydrogen-bond acceptors (Lipinski definition) is 4. The van der Waals surface area contributed by atoms with E-state index in [0.29, 0.717) is 15.1 Å². The molecule has 0 spiro atoms. The zero-order valence-electron chi connectivity index (χ0n) is 12.5. The van der Waals surface area contributed by atoms with E-state index >= 15 is 0 Å². The van der Waals surface area contributed by atoms with Crippen LogP contribution in [0.3, 0.4) is 0 Å². The molecule has 5 nitrogen and oxygen atoms in total. The number of aliphatic carboxylic acids is 1. The number of carboxylic acid groups (broad SMARTS) is 1. The maximum Gasteiger partial charge on any atom is 0.320 e. The molecule has 0 heterocycles. The lowest BCUT2D eigenvalue weighted by molar-refractivity contribution is -0.138. The summed E-state index contributed by atoms with van der Waals surface area (Å²) in [6.07, 6.45) is 0.262. The molecule has 2 aromatic carbocycles. The number of nitrogens with two attached hydrogens (primary N) is 1. The summed E-state index contributed by atoms with van der Waals surface area (Å²) in [7, 11) is 0. The number of hydrogen-bond donors (Lipinski definition) is 3. The minimum Gasteiger partial charge on any atom is -0.507 e. The van der Waals surface area contributed by atoms with Crippen molar-refractivity contribution in [3.05, 3.63) is 46.1 Å². The first kappa shape index (κ1) is 20.0. The second kappa shape index (κ2) is 8.36. The first-order valence-electron chi connectivity index (χ1n) is 6.82. The monoisotopic (exact) mass is 665 g/mol. The van der Waals surface area contributed by atoms with E-state index in [-0.39, 0.29) is 12.2 Å². The number of aryl methyl sites for hydroxylation is 1. The Bertz CT molecular complexity index is 772. The summed E-state index contributed by atoms with van der Waals surface area (Å²) in [5, 5.41) is 18.7. The molecule has 0 saturated carbocycles. The predicted octanol–water partition coefficient (Wildman–Crippen LogP) is 4.26. The lowest BCUT2D eigenvalue weighted by atomic mass is 10.1. The van der Waals surface area contributed by atoms with Crippen molar-refractivity contribution in [2.75, 3.05) is 0 Å². The van der Waals surface area contributed by atoms with E-state index in [0.717, 1.165) is 18.3 Å². The van der Waals surface area contributed by atoms with Gasteiger partial charge in [-0.25, -0.2) is 0 Å². The van der Waals surface area contributed by atoms with Gasteiger partial charge in [-0.2, -0.15) is 0 Å². The van der Waals surface area contributed by atoms with Crippen LogP contribution >= 0.6 is 67.8 Å². The topological polar surface area (TPSA) is 92.8 Å². The quantitative estimate of drug-likeness (QED) is 0.416. The van der Waals surface area contributed by atoms with Crippen molar-refractivity contribution in [2.45, 2.75) is 19.4 Å². The average Bonchev–Trinajstić information content (AvgIpc) is 2.47.